The molecule has 0 fully saturated rings. The standard InChI is InChI=1S/C20H17N2.Y/c1-13-15-12-11-14-7-3-4-8-16(14)19(15)22-18-10-6-5-9-17(18)21(2)20(13)22;/h3-12,20H,1-2H3;/q-1;. The van der Waals surface area contributed by atoms with Crippen molar-refractivity contribution in [1.29, 1.82) is 0 Å². The number of hydrogen-bond acceptors (Lipinski definition) is 2. The van der Waals surface area contributed by atoms with Crippen LogP contribution in [0.3, 0.4) is 0 Å². The van der Waals surface area contributed by atoms with Gasteiger partial charge >= 0.3 is 0 Å². The minimum atomic E-state index is 0. The molecule has 0 saturated carbocycles. The first kappa shape index (κ1) is 15.0. The van der Waals surface area contributed by atoms with E-state index in [1.165, 1.54) is 39.3 Å². The Morgan fingerprint density at radius 2 is 1.57 bits per heavy atom. The molecule has 1 radical (unpaired) electrons. The molecule has 2 nitrogen and oxygen atoms in total. The van der Waals surface area contributed by atoms with Gasteiger partial charge in [0, 0.05) is 39.8 Å². The number of anilines is 3. The number of likely N-dealkylation sites (N-methyl/N-ethyl adjacent to an activating group) is 1. The van der Waals surface area contributed by atoms with E-state index in [0.29, 0.717) is 6.17 Å². The van der Waals surface area contributed by atoms with E-state index in [0.717, 1.165) is 0 Å². The van der Waals surface area contributed by atoms with Crippen molar-refractivity contribution < 1.29 is 32.7 Å². The molecule has 3 aromatic rings. The molecule has 0 N–H and O–H groups in total. The molecule has 5 rings (SSSR count). The van der Waals surface area contributed by atoms with Gasteiger partial charge in [0.15, 0.2) is 0 Å². The summed E-state index contributed by atoms with van der Waals surface area (Å²) in [6.07, 6.45) is 0.304. The van der Waals surface area contributed by atoms with Gasteiger partial charge in [-0.3, -0.25) is 0 Å². The second kappa shape index (κ2) is 5.26. The first-order valence-electron chi connectivity index (χ1n) is 7.74. The van der Waals surface area contributed by atoms with Gasteiger partial charge in [0.05, 0.1) is 17.5 Å². The van der Waals surface area contributed by atoms with Gasteiger partial charge in [-0.15, -0.1) is 12.0 Å². The van der Waals surface area contributed by atoms with E-state index < -0.39 is 0 Å². The van der Waals surface area contributed by atoms with Crippen LogP contribution >= 0.6 is 0 Å². The van der Waals surface area contributed by atoms with Crippen molar-refractivity contribution in [2.24, 2.45) is 0 Å². The largest absolute Gasteiger partial charge is 0.379 e. The predicted octanol–water partition coefficient (Wildman–Crippen LogP) is 4.71. The SMILES string of the molecule is C[C-]1c2ccc3ccccc3c2N2c3ccccc3N(C)C12.[Y]. The Labute approximate surface area is 162 Å². The van der Waals surface area contributed by atoms with Crippen molar-refractivity contribution in [3.8, 4) is 0 Å². The molecule has 0 saturated heterocycles. The number of fused-ring (bicyclic) bond motifs is 7. The summed E-state index contributed by atoms with van der Waals surface area (Å²) in [6.45, 7) is 2.26. The van der Waals surface area contributed by atoms with Gasteiger partial charge < -0.3 is 9.80 Å². The number of nitrogens with zero attached hydrogens (tertiary/aromatic N) is 2. The Morgan fingerprint density at radius 3 is 2.39 bits per heavy atom. The van der Waals surface area contributed by atoms with Crippen LogP contribution in [0.5, 0.6) is 0 Å². The summed E-state index contributed by atoms with van der Waals surface area (Å²) in [6, 6.07) is 21.9. The van der Waals surface area contributed by atoms with Crippen molar-refractivity contribution >= 4 is 27.8 Å². The molecular formula is C20H17N2Y-. The van der Waals surface area contributed by atoms with Gasteiger partial charge in [-0.1, -0.05) is 54.4 Å². The van der Waals surface area contributed by atoms with Crippen molar-refractivity contribution in [2.45, 2.75) is 13.1 Å². The molecule has 2 aliphatic rings. The van der Waals surface area contributed by atoms with Crippen molar-refractivity contribution in [1.82, 2.24) is 0 Å². The molecule has 0 spiro atoms. The van der Waals surface area contributed by atoms with Crippen LogP contribution in [-0.2, 0) is 32.7 Å². The molecule has 3 heteroatoms. The molecule has 0 aromatic heterocycles. The Hall–Kier alpha value is -1.51. The van der Waals surface area contributed by atoms with E-state index >= 15 is 0 Å². The maximum Gasteiger partial charge on any atom is 0.0720 e. The molecule has 23 heavy (non-hydrogen) atoms. The maximum absolute atomic E-state index is 2.50. The number of rotatable bonds is 0. The predicted molar refractivity (Wildman–Crippen MR) is 92.7 cm³/mol. The fraction of sp³-hybridized carbons (Fsp3) is 0.150. The Morgan fingerprint density at radius 1 is 0.870 bits per heavy atom. The van der Waals surface area contributed by atoms with Crippen LogP contribution in [0.2, 0.25) is 0 Å². The van der Waals surface area contributed by atoms with Crippen LogP contribution in [-0.4, -0.2) is 13.2 Å². The topological polar surface area (TPSA) is 6.48 Å². The van der Waals surface area contributed by atoms with Crippen LogP contribution in [0.4, 0.5) is 17.1 Å². The molecule has 3 aromatic carbocycles. The van der Waals surface area contributed by atoms with Gasteiger partial charge in [0.2, 0.25) is 0 Å². The van der Waals surface area contributed by atoms with Crippen LogP contribution in [0.1, 0.15) is 12.5 Å². The fourth-order valence-electron chi connectivity index (χ4n) is 4.10. The fourth-order valence-corrected chi connectivity index (χ4v) is 4.10. The van der Waals surface area contributed by atoms with E-state index in [1.807, 2.05) is 0 Å². The summed E-state index contributed by atoms with van der Waals surface area (Å²) >= 11 is 0. The maximum atomic E-state index is 2.50. The first-order valence-corrected chi connectivity index (χ1v) is 7.74. The Bertz CT molecular complexity index is 905. The summed E-state index contributed by atoms with van der Waals surface area (Å²) in [4.78, 5) is 4.89. The Kier molecular flexibility index (Phi) is 3.44. The monoisotopic (exact) mass is 374 g/mol. The zero-order valence-electron chi connectivity index (χ0n) is 13.3. The third kappa shape index (κ3) is 1.85. The number of hydrogen-bond donors (Lipinski definition) is 0. The van der Waals surface area contributed by atoms with Gasteiger partial charge in [-0.2, -0.15) is 11.6 Å². The van der Waals surface area contributed by atoms with E-state index in [-0.39, 0.29) is 32.7 Å². The molecule has 1 atom stereocenters. The second-order valence-corrected chi connectivity index (χ2v) is 6.21. The summed E-state index contributed by atoms with van der Waals surface area (Å²) in [7, 11) is 2.20. The summed E-state index contributed by atoms with van der Waals surface area (Å²) < 4.78 is 0. The second-order valence-electron chi connectivity index (χ2n) is 6.21. The van der Waals surface area contributed by atoms with E-state index in [2.05, 4.69) is 84.4 Å². The summed E-state index contributed by atoms with van der Waals surface area (Å²) in [5.74, 6) is 1.43. The van der Waals surface area contributed by atoms with Crippen LogP contribution in [0.25, 0.3) is 10.8 Å². The summed E-state index contributed by atoms with van der Waals surface area (Å²) in [5, 5.41) is 2.65. The third-order valence-electron chi connectivity index (χ3n) is 5.09. The van der Waals surface area contributed by atoms with Crippen LogP contribution < -0.4 is 9.80 Å². The van der Waals surface area contributed by atoms with Gasteiger partial charge in [-0.05, 0) is 17.5 Å². The molecule has 2 heterocycles. The average molecular weight is 374 g/mol. The first-order chi connectivity index (χ1) is 10.8. The molecule has 2 aliphatic heterocycles. The average Bonchev–Trinajstić information content (AvgIpc) is 3.03. The minimum Gasteiger partial charge on any atom is -0.379 e. The van der Waals surface area contributed by atoms with Crippen molar-refractivity contribution in [3.05, 3.63) is 72.1 Å². The van der Waals surface area contributed by atoms with Crippen LogP contribution in [0.15, 0.2) is 60.7 Å². The Balaban J connectivity index is 0.00000135. The molecule has 0 aliphatic carbocycles. The quantitative estimate of drug-likeness (QED) is 0.526. The normalized spacial score (nSPS) is 17.8. The zero-order valence-corrected chi connectivity index (χ0v) is 16.2. The molecule has 0 amide bonds. The van der Waals surface area contributed by atoms with E-state index in [9.17, 15) is 0 Å². The van der Waals surface area contributed by atoms with Crippen molar-refractivity contribution in [2.75, 3.05) is 16.8 Å². The van der Waals surface area contributed by atoms with Gasteiger partial charge in [0.1, 0.15) is 0 Å². The van der Waals surface area contributed by atoms with Gasteiger partial charge in [0.25, 0.3) is 0 Å². The number of benzene rings is 3. The smallest absolute Gasteiger partial charge is 0.0720 e. The zero-order chi connectivity index (χ0) is 14.8. The van der Waals surface area contributed by atoms with Crippen molar-refractivity contribution in [3.63, 3.8) is 0 Å². The van der Waals surface area contributed by atoms with Gasteiger partial charge in [-0.25, -0.2) is 0 Å². The summed E-state index contributed by atoms with van der Waals surface area (Å²) in [5.41, 5.74) is 5.36. The number of para-hydroxylation sites is 2. The van der Waals surface area contributed by atoms with E-state index in [1.54, 1.807) is 0 Å². The van der Waals surface area contributed by atoms with E-state index in [4.69, 9.17) is 0 Å². The molecule has 111 valence electrons. The van der Waals surface area contributed by atoms with Crippen LogP contribution in [0, 0.1) is 5.92 Å². The third-order valence-corrected chi connectivity index (χ3v) is 5.09. The molecule has 0 bridgehead atoms. The molecular weight excluding hydrogens is 357 g/mol. The molecule has 1 unspecified atom stereocenters. The minimum absolute atomic E-state index is 0.